The molecule has 0 N–H and O–H groups in total. The number of carbonyl (C=O) groups is 3. The Balaban J connectivity index is 0.00000152. The second kappa shape index (κ2) is 18.3. The van der Waals surface area contributed by atoms with Crippen LogP contribution in [0.25, 0.3) is 21.4 Å². The number of hydrogen-bond acceptors (Lipinski definition) is 14. The van der Waals surface area contributed by atoms with Gasteiger partial charge < -0.3 is 18.7 Å². The molecule has 1 aliphatic rings. The van der Waals surface area contributed by atoms with Crippen molar-refractivity contribution < 1.29 is 108 Å². The van der Waals surface area contributed by atoms with Gasteiger partial charge in [0.15, 0.2) is 0 Å². The van der Waals surface area contributed by atoms with Crippen molar-refractivity contribution in [1.82, 2.24) is 5.06 Å². The number of nitrogens with zero attached hydrogens (tertiary/aromatic N) is 2. The van der Waals surface area contributed by atoms with Gasteiger partial charge in [-0.1, -0.05) is 23.4 Å². The maximum Gasteiger partial charge on any atom is 1.00 e. The van der Waals surface area contributed by atoms with Crippen LogP contribution in [0.4, 0.5) is 5.69 Å². The Hall–Kier alpha value is -1.93. The van der Waals surface area contributed by atoms with Crippen LogP contribution in [-0.4, -0.2) is 61.5 Å². The van der Waals surface area contributed by atoms with E-state index in [0.717, 1.165) is 24.6 Å². The zero-order valence-corrected chi connectivity index (χ0v) is 30.5. The molecular formula is C25H24N2Na2O12S3. The molecule has 14 nitrogen and oxygen atoms in total. The summed E-state index contributed by atoms with van der Waals surface area (Å²) in [6.45, 7) is 3.35. The van der Waals surface area contributed by atoms with Gasteiger partial charge in [-0.15, -0.1) is 23.8 Å². The average molecular weight is 687 g/mol. The zero-order valence-electron chi connectivity index (χ0n) is 24.1. The van der Waals surface area contributed by atoms with Gasteiger partial charge in [-0.05, 0) is 31.4 Å². The van der Waals surface area contributed by atoms with Gasteiger partial charge in [0, 0.05) is 53.7 Å². The normalized spacial score (nSPS) is 12.5. The molecule has 2 amide bonds. The molecule has 3 heterocycles. The third-order valence-electron chi connectivity index (χ3n) is 5.99. The molecule has 0 saturated carbocycles. The summed E-state index contributed by atoms with van der Waals surface area (Å²) in [6, 6.07) is 10.7. The molecule has 226 valence electrons. The Labute approximate surface area is 302 Å². The number of unbranched alkanes of at least 4 members (excludes halogenated alkanes) is 2. The van der Waals surface area contributed by atoms with Gasteiger partial charge in [-0.2, -0.15) is 6.07 Å². The second-order valence-corrected chi connectivity index (χ2v) is 11.9. The summed E-state index contributed by atoms with van der Waals surface area (Å²) in [7, 11) is -7.75. The minimum Gasteiger partial charge on any atom is -0.753 e. The smallest absolute Gasteiger partial charge is 0.753 e. The Morgan fingerprint density at radius 1 is 1.09 bits per heavy atom. The number of amides is 2. The van der Waals surface area contributed by atoms with Crippen LogP contribution in [0.2, 0.25) is 0 Å². The maximum atomic E-state index is 12.6. The number of hydrogen-bond donors (Lipinski definition) is 0. The summed E-state index contributed by atoms with van der Waals surface area (Å²) in [5, 5.41) is 1.18. The molecule has 1 saturated heterocycles. The molecule has 0 aliphatic carbocycles. The molecule has 4 rings (SSSR count). The van der Waals surface area contributed by atoms with Crippen molar-refractivity contribution in [2.24, 2.45) is 0 Å². The van der Waals surface area contributed by atoms with Gasteiger partial charge in [-0.25, -0.2) is 24.5 Å². The fraction of sp³-hybridized carbons (Fsp3) is 0.360. The van der Waals surface area contributed by atoms with Gasteiger partial charge in [0.25, 0.3) is 17.4 Å². The first-order valence-corrected chi connectivity index (χ1v) is 15.7. The molecular weight excluding hydrogens is 662 g/mol. The number of carbonyl (C=O) groups excluding carboxylic acids is 3. The molecule has 1 fully saturated rings. The molecule has 0 atom stereocenters. The Kier molecular flexibility index (Phi) is 16.7. The standard InChI is InChI=1S/C25H25N2O9S2.2Na.O3S/c1-2-26(13-5-3-4-6-23(30)36-27-21(28)10-11-22(27)29)17-8-7-16-14-18(25(31)35-19(16)15-17)20-9-12-24(37-20)38(32,33)34;;;1-4(2)3/h7-8,12,14-15H,2-6,10-11,13H2,1H3,(H,32,33,34);;;/q-1;2*+1;/p-1. The molecule has 0 spiro atoms. The summed E-state index contributed by atoms with van der Waals surface area (Å²) < 4.78 is 64.0. The summed E-state index contributed by atoms with van der Waals surface area (Å²) in [5.74, 6) is -1.62. The SMILES string of the molecule is CCN(CCCCCC(=O)ON1C(=O)CCC1=O)c1ccc2cc(-c3[c-]cc(S(=O)(=O)[O-])s3)c(=O)oc2c1.O=S(=O)=O.[Na+].[Na+]. The van der Waals surface area contributed by atoms with Gasteiger partial charge >= 0.3 is 75.7 Å². The van der Waals surface area contributed by atoms with Crippen molar-refractivity contribution in [2.75, 3.05) is 18.0 Å². The minimum absolute atomic E-state index is 0. The molecule has 3 aromatic rings. The van der Waals surface area contributed by atoms with Gasteiger partial charge in [0.05, 0.1) is 10.1 Å². The van der Waals surface area contributed by atoms with Crippen LogP contribution in [0, 0.1) is 6.07 Å². The third-order valence-corrected chi connectivity index (χ3v) is 8.32. The van der Waals surface area contributed by atoms with Crippen molar-refractivity contribution in [3.05, 3.63) is 46.8 Å². The monoisotopic (exact) mass is 686 g/mol. The number of thiophene rings is 1. The largest absolute Gasteiger partial charge is 1.00 e. The van der Waals surface area contributed by atoms with Crippen LogP contribution in [-0.2, 0) is 39.9 Å². The molecule has 0 bridgehead atoms. The molecule has 44 heavy (non-hydrogen) atoms. The van der Waals surface area contributed by atoms with Crippen molar-refractivity contribution in [3.63, 3.8) is 0 Å². The van der Waals surface area contributed by atoms with Crippen molar-refractivity contribution in [1.29, 1.82) is 0 Å². The Morgan fingerprint density at radius 3 is 2.30 bits per heavy atom. The van der Waals surface area contributed by atoms with E-state index < -0.39 is 48.3 Å². The molecule has 19 heteroatoms. The Morgan fingerprint density at radius 2 is 1.73 bits per heavy atom. The minimum atomic E-state index is -4.64. The third kappa shape index (κ3) is 11.5. The first kappa shape index (κ1) is 40.1. The molecule has 0 unspecified atom stereocenters. The van der Waals surface area contributed by atoms with Crippen LogP contribution in [0.5, 0.6) is 0 Å². The predicted molar refractivity (Wildman–Crippen MR) is 146 cm³/mol. The Bertz CT molecular complexity index is 1750. The van der Waals surface area contributed by atoms with Gasteiger partial charge in [0.1, 0.15) is 5.58 Å². The number of anilines is 1. The van der Waals surface area contributed by atoms with E-state index in [1.807, 2.05) is 13.0 Å². The topological polar surface area (TPSA) is 206 Å². The van der Waals surface area contributed by atoms with E-state index in [0.29, 0.717) is 46.9 Å². The number of benzene rings is 1. The summed E-state index contributed by atoms with van der Waals surface area (Å²) in [4.78, 5) is 54.7. The maximum absolute atomic E-state index is 12.6. The first-order chi connectivity index (χ1) is 19.8. The van der Waals surface area contributed by atoms with E-state index in [2.05, 4.69) is 11.0 Å². The molecule has 2 aromatic heterocycles. The molecule has 1 aliphatic heterocycles. The summed E-state index contributed by atoms with van der Waals surface area (Å²) in [5.41, 5.74) is 0.643. The van der Waals surface area contributed by atoms with E-state index in [1.54, 1.807) is 18.2 Å². The van der Waals surface area contributed by atoms with E-state index >= 15 is 0 Å². The number of hydroxylamine groups is 2. The van der Waals surface area contributed by atoms with E-state index in [1.165, 1.54) is 0 Å². The van der Waals surface area contributed by atoms with Crippen molar-refractivity contribution >= 4 is 66.5 Å². The van der Waals surface area contributed by atoms with E-state index in [-0.39, 0.29) is 88.8 Å². The van der Waals surface area contributed by atoms with Gasteiger partial charge in [-0.3, -0.25) is 14.4 Å². The van der Waals surface area contributed by atoms with E-state index in [4.69, 9.17) is 21.9 Å². The van der Waals surface area contributed by atoms with Crippen molar-refractivity contribution in [2.45, 2.75) is 49.7 Å². The number of fused-ring (bicyclic) bond motifs is 1. The average Bonchev–Trinajstić information content (AvgIpc) is 3.53. The van der Waals surface area contributed by atoms with Crippen molar-refractivity contribution in [3.8, 4) is 10.4 Å². The van der Waals surface area contributed by atoms with Gasteiger partial charge in [0.2, 0.25) is 0 Å². The quantitative estimate of drug-likeness (QED) is 0.0475. The summed E-state index contributed by atoms with van der Waals surface area (Å²) in [6.07, 6.45) is 2.23. The van der Waals surface area contributed by atoms with Crippen LogP contribution < -0.4 is 69.6 Å². The molecule has 1 aromatic carbocycles. The predicted octanol–water partition coefficient (Wildman–Crippen LogP) is -3.78. The second-order valence-electron chi connectivity index (χ2n) is 8.80. The fourth-order valence-corrected chi connectivity index (χ4v) is 5.57. The summed E-state index contributed by atoms with van der Waals surface area (Å²) >= 11 is 0.665. The number of imide groups is 1. The van der Waals surface area contributed by atoms with E-state index in [9.17, 15) is 32.1 Å². The first-order valence-electron chi connectivity index (χ1n) is 12.4. The van der Waals surface area contributed by atoms with Crippen LogP contribution in [0.15, 0.2) is 43.8 Å². The number of rotatable bonds is 11. The molecule has 0 radical (unpaired) electrons. The van der Waals surface area contributed by atoms with Crippen LogP contribution >= 0.6 is 11.3 Å². The van der Waals surface area contributed by atoms with Crippen LogP contribution in [0.1, 0.15) is 45.4 Å². The zero-order chi connectivity index (χ0) is 31.0. The van der Waals surface area contributed by atoms with Crippen LogP contribution in [0.3, 0.4) is 0 Å². The fourth-order valence-electron chi connectivity index (χ4n) is 4.02.